The number of aromatic amines is 1. The lowest BCUT2D eigenvalue weighted by Gasteiger charge is -2.03. The summed E-state index contributed by atoms with van der Waals surface area (Å²) < 4.78 is 0. The Bertz CT molecular complexity index is 508. The van der Waals surface area contributed by atoms with Gasteiger partial charge >= 0.3 is 0 Å². The number of H-pyrrole nitrogens is 1. The zero-order valence-electron chi connectivity index (χ0n) is 7.57. The van der Waals surface area contributed by atoms with Crippen LogP contribution in [0.1, 0.15) is 0 Å². The molecular weight excluding hydrogens is 216 g/mol. The summed E-state index contributed by atoms with van der Waals surface area (Å²) in [5, 5.41) is 10.8. The van der Waals surface area contributed by atoms with E-state index in [9.17, 15) is 4.79 Å². The second-order valence-electron chi connectivity index (χ2n) is 2.81. The topological polar surface area (TPSA) is 70.7 Å². The molecule has 76 valence electrons. The van der Waals surface area contributed by atoms with Crippen molar-refractivity contribution in [3.8, 4) is 0 Å². The molecule has 0 aliphatic heterocycles. The standard InChI is InChI=1S/C9H7ClN4O/c10-6-1-3-7(4-2-6)12-9-13-8(15)5-11-14-9/h1-5H,(H2,12,13,14,15). The SMILES string of the molecule is O=c1cnnc(Nc2ccc(Cl)cc2)[nH]1. The lowest BCUT2D eigenvalue weighted by Crippen LogP contribution is -2.10. The van der Waals surface area contributed by atoms with Crippen molar-refractivity contribution in [2.45, 2.75) is 0 Å². The normalized spacial score (nSPS) is 9.93. The average Bonchev–Trinajstić information content (AvgIpc) is 2.22. The number of aromatic nitrogens is 3. The van der Waals surface area contributed by atoms with Crippen molar-refractivity contribution >= 4 is 23.2 Å². The van der Waals surface area contributed by atoms with Crippen molar-refractivity contribution in [1.29, 1.82) is 0 Å². The van der Waals surface area contributed by atoms with E-state index in [0.717, 1.165) is 11.9 Å². The van der Waals surface area contributed by atoms with Crippen LogP contribution in [0.5, 0.6) is 0 Å². The Morgan fingerprint density at radius 2 is 2.00 bits per heavy atom. The van der Waals surface area contributed by atoms with Gasteiger partial charge in [0.1, 0.15) is 6.20 Å². The van der Waals surface area contributed by atoms with Crippen LogP contribution in [0.3, 0.4) is 0 Å². The first-order chi connectivity index (χ1) is 7.24. The van der Waals surface area contributed by atoms with Gasteiger partial charge in [0.05, 0.1) is 0 Å². The molecule has 2 N–H and O–H groups in total. The summed E-state index contributed by atoms with van der Waals surface area (Å²) in [6.07, 6.45) is 1.10. The lowest BCUT2D eigenvalue weighted by molar-refractivity contribution is 0.954. The third kappa shape index (κ3) is 2.54. The smallest absolute Gasteiger partial charge is 0.271 e. The molecular formula is C9H7ClN4O. The second kappa shape index (κ2) is 4.10. The van der Waals surface area contributed by atoms with Crippen LogP contribution in [0.15, 0.2) is 35.3 Å². The summed E-state index contributed by atoms with van der Waals surface area (Å²) in [5.74, 6) is 0.296. The van der Waals surface area contributed by atoms with Gasteiger partial charge in [-0.15, -0.1) is 10.2 Å². The molecule has 0 bridgehead atoms. The molecule has 0 radical (unpaired) electrons. The summed E-state index contributed by atoms with van der Waals surface area (Å²) in [6, 6.07) is 7.02. The number of nitrogens with one attached hydrogen (secondary N) is 2. The van der Waals surface area contributed by atoms with E-state index in [1.165, 1.54) is 0 Å². The first kappa shape index (κ1) is 9.67. The maximum Gasteiger partial charge on any atom is 0.271 e. The van der Waals surface area contributed by atoms with Gasteiger partial charge in [0.25, 0.3) is 5.56 Å². The van der Waals surface area contributed by atoms with Gasteiger partial charge in [0.15, 0.2) is 0 Å². The highest BCUT2D eigenvalue weighted by atomic mass is 35.5. The molecule has 0 saturated heterocycles. The van der Waals surface area contributed by atoms with Gasteiger partial charge in [0.2, 0.25) is 5.95 Å². The van der Waals surface area contributed by atoms with Crippen molar-refractivity contribution in [1.82, 2.24) is 15.2 Å². The Kier molecular flexibility index (Phi) is 2.64. The molecule has 2 aromatic rings. The Morgan fingerprint density at radius 1 is 1.27 bits per heavy atom. The number of benzene rings is 1. The van der Waals surface area contributed by atoms with Crippen LogP contribution in [0.25, 0.3) is 0 Å². The molecule has 0 amide bonds. The maximum atomic E-state index is 10.9. The largest absolute Gasteiger partial charge is 0.324 e. The van der Waals surface area contributed by atoms with Crippen LogP contribution < -0.4 is 10.9 Å². The molecule has 0 fully saturated rings. The number of halogens is 1. The zero-order chi connectivity index (χ0) is 10.7. The van der Waals surface area contributed by atoms with Gasteiger partial charge in [-0.3, -0.25) is 9.78 Å². The molecule has 0 spiro atoms. The molecule has 1 heterocycles. The highest BCUT2D eigenvalue weighted by Gasteiger charge is 1.96. The molecule has 0 atom stereocenters. The number of hydrogen-bond donors (Lipinski definition) is 2. The van der Waals surface area contributed by atoms with Gasteiger partial charge in [-0.25, -0.2) is 0 Å². The fourth-order valence-corrected chi connectivity index (χ4v) is 1.17. The number of nitrogens with zero attached hydrogens (tertiary/aromatic N) is 2. The second-order valence-corrected chi connectivity index (χ2v) is 3.25. The quantitative estimate of drug-likeness (QED) is 0.809. The third-order valence-electron chi connectivity index (χ3n) is 1.68. The molecule has 2 rings (SSSR count). The van der Waals surface area contributed by atoms with Gasteiger partial charge in [0, 0.05) is 10.7 Å². The van der Waals surface area contributed by atoms with Gasteiger partial charge < -0.3 is 5.32 Å². The molecule has 5 nitrogen and oxygen atoms in total. The summed E-state index contributed by atoms with van der Waals surface area (Å²) in [6.45, 7) is 0. The molecule has 0 aliphatic rings. The highest BCUT2D eigenvalue weighted by molar-refractivity contribution is 6.30. The molecule has 0 aliphatic carbocycles. The minimum atomic E-state index is -0.304. The molecule has 15 heavy (non-hydrogen) atoms. The average molecular weight is 223 g/mol. The van der Waals surface area contributed by atoms with Crippen molar-refractivity contribution in [2.75, 3.05) is 5.32 Å². The molecule has 0 saturated carbocycles. The molecule has 6 heteroatoms. The van der Waals surface area contributed by atoms with E-state index in [-0.39, 0.29) is 5.56 Å². The number of anilines is 2. The minimum absolute atomic E-state index is 0.296. The maximum absolute atomic E-state index is 10.9. The fourth-order valence-electron chi connectivity index (χ4n) is 1.04. The van der Waals surface area contributed by atoms with Crippen LogP contribution in [0.4, 0.5) is 11.6 Å². The predicted octanol–water partition coefficient (Wildman–Crippen LogP) is 1.56. The van der Waals surface area contributed by atoms with E-state index in [1.807, 2.05) is 0 Å². The van der Waals surface area contributed by atoms with E-state index in [2.05, 4.69) is 20.5 Å². The van der Waals surface area contributed by atoms with E-state index >= 15 is 0 Å². The summed E-state index contributed by atoms with van der Waals surface area (Å²) in [7, 11) is 0. The third-order valence-corrected chi connectivity index (χ3v) is 1.93. The highest BCUT2D eigenvalue weighted by Crippen LogP contribution is 2.15. The monoisotopic (exact) mass is 222 g/mol. The summed E-state index contributed by atoms with van der Waals surface area (Å²) in [4.78, 5) is 13.4. The van der Waals surface area contributed by atoms with E-state index in [1.54, 1.807) is 24.3 Å². The van der Waals surface area contributed by atoms with Crippen LogP contribution >= 0.6 is 11.6 Å². The van der Waals surface area contributed by atoms with Crippen LogP contribution in [-0.4, -0.2) is 15.2 Å². The lowest BCUT2D eigenvalue weighted by atomic mass is 10.3. The first-order valence-corrected chi connectivity index (χ1v) is 4.56. The number of hydrogen-bond acceptors (Lipinski definition) is 4. The fraction of sp³-hybridized carbons (Fsp3) is 0. The predicted molar refractivity (Wildman–Crippen MR) is 57.4 cm³/mol. The van der Waals surface area contributed by atoms with Crippen LogP contribution in [0.2, 0.25) is 5.02 Å². The minimum Gasteiger partial charge on any atom is -0.324 e. The Morgan fingerprint density at radius 3 is 2.67 bits per heavy atom. The van der Waals surface area contributed by atoms with Gasteiger partial charge in [-0.1, -0.05) is 11.6 Å². The van der Waals surface area contributed by atoms with Crippen molar-refractivity contribution in [2.24, 2.45) is 0 Å². The van der Waals surface area contributed by atoms with Crippen LogP contribution in [0, 0.1) is 0 Å². The zero-order valence-corrected chi connectivity index (χ0v) is 8.32. The Balaban J connectivity index is 2.22. The van der Waals surface area contributed by atoms with E-state index in [4.69, 9.17) is 11.6 Å². The Hall–Kier alpha value is -1.88. The van der Waals surface area contributed by atoms with Crippen molar-refractivity contribution in [3.63, 3.8) is 0 Å². The van der Waals surface area contributed by atoms with Crippen molar-refractivity contribution in [3.05, 3.63) is 45.8 Å². The van der Waals surface area contributed by atoms with E-state index in [0.29, 0.717) is 11.0 Å². The summed E-state index contributed by atoms with van der Waals surface area (Å²) >= 11 is 5.73. The Labute approximate surface area is 90.1 Å². The van der Waals surface area contributed by atoms with Crippen molar-refractivity contribution < 1.29 is 0 Å². The van der Waals surface area contributed by atoms with Crippen LogP contribution in [-0.2, 0) is 0 Å². The molecule has 0 unspecified atom stereocenters. The molecule has 1 aromatic heterocycles. The van der Waals surface area contributed by atoms with Gasteiger partial charge in [-0.2, -0.15) is 0 Å². The van der Waals surface area contributed by atoms with Gasteiger partial charge in [-0.05, 0) is 24.3 Å². The first-order valence-electron chi connectivity index (χ1n) is 4.18. The van der Waals surface area contributed by atoms with E-state index < -0.39 is 0 Å². The number of rotatable bonds is 2. The molecule has 1 aromatic carbocycles. The summed E-state index contributed by atoms with van der Waals surface area (Å²) in [5.41, 5.74) is 0.469.